The van der Waals surface area contributed by atoms with Crippen LogP contribution in [0.15, 0.2) is 60.7 Å². The van der Waals surface area contributed by atoms with Crippen LogP contribution in [0, 0.1) is 5.92 Å². The lowest BCUT2D eigenvalue weighted by Crippen LogP contribution is -2.62. The number of ether oxygens (including phenoxy) is 5. The van der Waals surface area contributed by atoms with E-state index < -0.39 is 74.9 Å². The van der Waals surface area contributed by atoms with Crippen molar-refractivity contribution in [2.75, 3.05) is 6.61 Å². The summed E-state index contributed by atoms with van der Waals surface area (Å²) in [5, 5.41) is 0. The fourth-order valence-corrected chi connectivity index (χ4v) is 5.42. The van der Waals surface area contributed by atoms with E-state index in [0.29, 0.717) is 6.29 Å². The van der Waals surface area contributed by atoms with Crippen molar-refractivity contribution in [1.29, 1.82) is 0 Å². The van der Waals surface area contributed by atoms with E-state index in [4.69, 9.17) is 37.3 Å². The van der Waals surface area contributed by atoms with Gasteiger partial charge in [0, 0.05) is 27.7 Å². The van der Waals surface area contributed by atoms with Gasteiger partial charge in [-0.05, 0) is 24.3 Å². The molecular weight excluding hydrogens is 591 g/mol. The molecule has 1 aliphatic heterocycles. The molecule has 14 nitrogen and oxygen atoms in total. The van der Waals surface area contributed by atoms with E-state index in [1.165, 1.54) is 24.3 Å². The van der Waals surface area contributed by atoms with Crippen LogP contribution in [0.5, 0.6) is 11.5 Å². The number of phosphoric ester groups is 1. The summed E-state index contributed by atoms with van der Waals surface area (Å²) in [5.41, 5.74) is 0. The normalized spacial score (nSPS) is 22.3. The van der Waals surface area contributed by atoms with E-state index in [0.717, 1.165) is 27.7 Å². The number of carbonyl (C=O) groups excluding carboxylic acids is 5. The summed E-state index contributed by atoms with van der Waals surface area (Å²) in [4.78, 5) is 60.2. The Hall–Kier alpha value is -4.26. The Morgan fingerprint density at radius 2 is 1.30 bits per heavy atom. The molecule has 43 heavy (non-hydrogen) atoms. The van der Waals surface area contributed by atoms with E-state index in [2.05, 4.69) is 0 Å². The fraction of sp³-hybridized carbons (Fsp3) is 0.393. The first-order valence-corrected chi connectivity index (χ1v) is 14.4. The minimum absolute atomic E-state index is 0.0653. The highest BCUT2D eigenvalue weighted by Gasteiger charge is 2.56. The number of aldehydes is 1. The second kappa shape index (κ2) is 15.3. The van der Waals surface area contributed by atoms with Crippen LogP contribution >= 0.6 is 7.82 Å². The van der Waals surface area contributed by atoms with E-state index in [1.54, 1.807) is 36.4 Å². The smallest absolute Gasteiger partial charge is 0.462 e. The molecule has 0 radical (unpaired) electrons. The zero-order valence-electron chi connectivity index (χ0n) is 23.7. The summed E-state index contributed by atoms with van der Waals surface area (Å²) < 4.78 is 58.1. The number of phosphoric acid groups is 1. The largest absolute Gasteiger partial charge is 0.590 e. The number of rotatable bonds is 13. The molecule has 0 bridgehead atoms. The second-order valence-corrected chi connectivity index (χ2v) is 10.6. The van der Waals surface area contributed by atoms with Crippen LogP contribution in [-0.2, 0) is 56.7 Å². The maximum absolute atomic E-state index is 14.2. The Bertz CT molecular complexity index is 1270. The van der Waals surface area contributed by atoms with Crippen LogP contribution in [0.1, 0.15) is 27.7 Å². The molecule has 1 aliphatic rings. The molecule has 0 amide bonds. The van der Waals surface area contributed by atoms with Gasteiger partial charge in [-0.1, -0.05) is 36.4 Å². The number of carbonyl (C=O) groups is 5. The molecule has 232 valence electrons. The molecule has 1 saturated heterocycles. The highest BCUT2D eigenvalue weighted by molar-refractivity contribution is 7.49. The van der Waals surface area contributed by atoms with E-state index >= 15 is 0 Å². The Morgan fingerprint density at radius 3 is 1.74 bits per heavy atom. The zero-order valence-corrected chi connectivity index (χ0v) is 24.6. The highest BCUT2D eigenvalue weighted by Crippen LogP contribution is 2.52. The average molecular weight is 623 g/mol. The maximum atomic E-state index is 14.2. The predicted octanol–water partition coefficient (Wildman–Crippen LogP) is 3.17. The summed E-state index contributed by atoms with van der Waals surface area (Å²) in [6, 6.07) is 15.7. The van der Waals surface area contributed by atoms with Crippen LogP contribution in [0.25, 0.3) is 0 Å². The van der Waals surface area contributed by atoms with Gasteiger partial charge in [-0.2, -0.15) is 0 Å². The van der Waals surface area contributed by atoms with Crippen LogP contribution in [0.3, 0.4) is 0 Å². The summed E-state index contributed by atoms with van der Waals surface area (Å²) in [6.45, 7) is 3.66. The van der Waals surface area contributed by atoms with Gasteiger partial charge in [0.1, 0.15) is 36.6 Å². The number of hydrogen-bond acceptors (Lipinski definition) is 14. The van der Waals surface area contributed by atoms with Gasteiger partial charge < -0.3 is 37.5 Å². The molecule has 0 spiro atoms. The standard InChI is InChI=1S/C28H31O14P/c1-17(30)35-16-24(36-18(2)31)27-25(37-19(3)32)23(15-29)26(38-20(4)33)28(39-27)42-43(34,40-21-11-7-5-8-12-21)41-22-13-9-6-10-14-22/h5-15,23-28H,16H2,1-4H3/t23?,24-,25+,26?,27?,28+/m1/s1. The minimum atomic E-state index is -4.75. The van der Waals surface area contributed by atoms with Crippen molar-refractivity contribution in [1.82, 2.24) is 0 Å². The lowest BCUT2D eigenvalue weighted by atomic mass is 9.87. The molecule has 0 saturated carbocycles. The van der Waals surface area contributed by atoms with Crippen molar-refractivity contribution in [2.24, 2.45) is 5.92 Å². The monoisotopic (exact) mass is 622 g/mol. The first-order valence-electron chi connectivity index (χ1n) is 12.9. The van der Waals surface area contributed by atoms with Crippen molar-refractivity contribution >= 4 is 38.0 Å². The number of para-hydroxylation sites is 2. The number of hydrogen-bond donors (Lipinski definition) is 0. The molecule has 6 atom stereocenters. The summed E-state index contributed by atoms with van der Waals surface area (Å²) in [5.74, 6) is -4.74. The van der Waals surface area contributed by atoms with Crippen molar-refractivity contribution in [3.8, 4) is 11.5 Å². The number of benzene rings is 2. The highest BCUT2D eigenvalue weighted by atomic mass is 31.2. The fourth-order valence-electron chi connectivity index (χ4n) is 4.12. The first kappa shape index (κ1) is 33.2. The first-order chi connectivity index (χ1) is 20.4. The van der Waals surface area contributed by atoms with Crippen molar-refractivity contribution < 1.29 is 65.8 Å². The Kier molecular flexibility index (Phi) is 11.8. The average Bonchev–Trinajstić information content (AvgIpc) is 2.92. The lowest BCUT2D eigenvalue weighted by molar-refractivity contribution is -0.283. The van der Waals surface area contributed by atoms with Crippen LogP contribution in [-0.4, -0.2) is 67.5 Å². The Morgan fingerprint density at radius 1 is 0.791 bits per heavy atom. The molecule has 0 N–H and O–H groups in total. The van der Waals surface area contributed by atoms with Crippen molar-refractivity contribution in [3.05, 3.63) is 60.7 Å². The molecule has 0 aliphatic carbocycles. The summed E-state index contributed by atoms with van der Waals surface area (Å²) in [6.07, 6.45) is -7.85. The Labute approximate surface area is 247 Å². The van der Waals surface area contributed by atoms with Crippen molar-refractivity contribution in [2.45, 2.75) is 58.4 Å². The second-order valence-electron chi connectivity index (χ2n) is 9.14. The molecular formula is C28H31O14P. The van der Waals surface area contributed by atoms with E-state index in [1.807, 2.05) is 0 Å². The topological polar surface area (TPSA) is 176 Å². The molecule has 0 aromatic heterocycles. The van der Waals surface area contributed by atoms with Gasteiger partial charge in [-0.3, -0.25) is 19.2 Å². The third-order valence-corrected chi connectivity index (χ3v) is 7.03. The van der Waals surface area contributed by atoms with Crippen molar-refractivity contribution in [3.63, 3.8) is 0 Å². The van der Waals surface area contributed by atoms with Gasteiger partial charge in [0.25, 0.3) is 0 Å². The van der Waals surface area contributed by atoms with Gasteiger partial charge in [0.15, 0.2) is 12.2 Å². The van der Waals surface area contributed by atoms with Gasteiger partial charge >= 0.3 is 31.7 Å². The lowest BCUT2D eigenvalue weighted by Gasteiger charge is -2.45. The molecule has 2 aromatic rings. The van der Waals surface area contributed by atoms with Gasteiger partial charge in [-0.15, -0.1) is 0 Å². The predicted molar refractivity (Wildman–Crippen MR) is 144 cm³/mol. The van der Waals surface area contributed by atoms with Crippen LogP contribution in [0.4, 0.5) is 0 Å². The van der Waals surface area contributed by atoms with Gasteiger partial charge in [-0.25, -0.2) is 9.09 Å². The number of esters is 4. The summed E-state index contributed by atoms with van der Waals surface area (Å²) >= 11 is 0. The zero-order chi connectivity index (χ0) is 31.6. The maximum Gasteiger partial charge on any atom is 0.590 e. The minimum Gasteiger partial charge on any atom is -0.462 e. The third-order valence-electron chi connectivity index (χ3n) is 5.69. The molecule has 2 aromatic carbocycles. The Balaban J connectivity index is 2.10. The molecule has 3 unspecified atom stereocenters. The molecule has 15 heteroatoms. The van der Waals surface area contributed by atoms with Gasteiger partial charge in [0.2, 0.25) is 6.29 Å². The molecule has 1 fully saturated rings. The molecule has 3 rings (SSSR count). The van der Waals surface area contributed by atoms with E-state index in [-0.39, 0.29) is 11.5 Å². The quantitative estimate of drug-likeness (QED) is 0.138. The van der Waals surface area contributed by atoms with Crippen LogP contribution < -0.4 is 9.05 Å². The van der Waals surface area contributed by atoms with Crippen LogP contribution in [0.2, 0.25) is 0 Å². The SMILES string of the molecule is CC(=O)OC[C@@H](OC(C)=O)C1O[C@@H](OP(=O)(Oc2ccccc2)Oc2ccccc2)C(OC(C)=O)C(C=O)[C@@H]1OC(C)=O. The summed E-state index contributed by atoms with van der Waals surface area (Å²) in [7, 11) is -4.75. The molecule has 1 heterocycles. The third kappa shape index (κ3) is 9.91. The van der Waals surface area contributed by atoms with E-state index in [9.17, 15) is 28.5 Å². The van der Waals surface area contributed by atoms with Gasteiger partial charge in [0.05, 0.1) is 5.92 Å².